The van der Waals surface area contributed by atoms with Crippen LogP contribution in [0.5, 0.6) is 17.2 Å². The minimum atomic E-state index is -1.32. The Hall–Kier alpha value is -3.79. The summed E-state index contributed by atoms with van der Waals surface area (Å²) >= 11 is 6.36. The Bertz CT molecular complexity index is 1400. The molecule has 6 rings (SSSR count). The molecule has 10 heteroatoms. The molecule has 0 aliphatic carbocycles. The summed E-state index contributed by atoms with van der Waals surface area (Å²) in [5, 5.41) is 2.13. The Morgan fingerprint density at radius 3 is 2.46 bits per heavy atom. The van der Waals surface area contributed by atoms with E-state index in [2.05, 4.69) is 0 Å². The van der Waals surface area contributed by atoms with Crippen molar-refractivity contribution in [2.75, 3.05) is 32.8 Å². The summed E-state index contributed by atoms with van der Waals surface area (Å²) < 4.78 is 23.0. The number of β-lactam (4-membered cyclic amide) rings is 1. The van der Waals surface area contributed by atoms with Crippen molar-refractivity contribution in [3.8, 4) is 17.2 Å². The highest BCUT2D eigenvalue weighted by Crippen LogP contribution is 2.57. The molecule has 39 heavy (non-hydrogen) atoms. The summed E-state index contributed by atoms with van der Waals surface area (Å²) in [6, 6.07) is 20.2. The van der Waals surface area contributed by atoms with E-state index in [9.17, 15) is 9.59 Å². The molecule has 9 nitrogen and oxygen atoms in total. The number of anilines is 1. The van der Waals surface area contributed by atoms with E-state index in [-0.39, 0.29) is 12.5 Å². The van der Waals surface area contributed by atoms with Gasteiger partial charge in [-0.05, 0) is 54.6 Å². The van der Waals surface area contributed by atoms with Gasteiger partial charge in [-0.1, -0.05) is 29.8 Å². The monoisotopic (exact) mass is 550 g/mol. The number of halogens is 1. The lowest BCUT2D eigenvalue weighted by Crippen LogP contribution is -2.74. The number of ether oxygens (including phenoxy) is 4. The zero-order valence-electron chi connectivity index (χ0n) is 21.6. The SMILES string of the molecule is COC(=O)[C@@]12COc3ccc(Cl)cc3[C@@H]1N(C)O[C@H]2[C@H]1[C@H](Oc2ccccc2)C(=O)N1c1ccc(OC)cc1. The minimum absolute atomic E-state index is 0.0207. The van der Waals surface area contributed by atoms with Crippen LogP contribution < -0.4 is 19.1 Å². The maximum absolute atomic E-state index is 13.7. The Labute approximate surface area is 230 Å². The van der Waals surface area contributed by atoms with Crippen LogP contribution >= 0.6 is 11.6 Å². The van der Waals surface area contributed by atoms with Crippen LogP contribution in [0, 0.1) is 5.41 Å². The van der Waals surface area contributed by atoms with Crippen LogP contribution in [0.2, 0.25) is 5.02 Å². The first-order chi connectivity index (χ1) is 18.9. The Balaban J connectivity index is 1.46. The molecule has 202 valence electrons. The van der Waals surface area contributed by atoms with Gasteiger partial charge in [-0.25, -0.2) is 0 Å². The molecule has 3 aromatic rings. The average Bonchev–Trinajstić information content (AvgIpc) is 3.27. The fourth-order valence-electron chi connectivity index (χ4n) is 5.94. The maximum atomic E-state index is 13.7. The van der Waals surface area contributed by atoms with Gasteiger partial charge in [-0.15, -0.1) is 0 Å². The number of hydrogen-bond donors (Lipinski definition) is 0. The second kappa shape index (κ2) is 9.75. The number of esters is 1. The highest BCUT2D eigenvalue weighted by atomic mass is 35.5. The lowest BCUT2D eigenvalue weighted by Gasteiger charge is -2.51. The van der Waals surface area contributed by atoms with E-state index in [1.807, 2.05) is 18.2 Å². The zero-order valence-corrected chi connectivity index (χ0v) is 22.3. The van der Waals surface area contributed by atoms with Gasteiger partial charge in [-0.2, -0.15) is 5.06 Å². The van der Waals surface area contributed by atoms with Crippen LogP contribution in [0.1, 0.15) is 11.6 Å². The number of amides is 1. The molecule has 3 aromatic carbocycles. The van der Waals surface area contributed by atoms with Crippen molar-refractivity contribution in [2.24, 2.45) is 5.41 Å². The summed E-state index contributed by atoms with van der Waals surface area (Å²) in [6.45, 7) is -0.0207. The predicted molar refractivity (Wildman–Crippen MR) is 142 cm³/mol. The van der Waals surface area contributed by atoms with Gasteiger partial charge in [0.15, 0.2) is 5.41 Å². The van der Waals surface area contributed by atoms with Gasteiger partial charge >= 0.3 is 5.97 Å². The number of benzene rings is 3. The first-order valence-electron chi connectivity index (χ1n) is 12.5. The van der Waals surface area contributed by atoms with Gasteiger partial charge in [0.1, 0.15) is 36.0 Å². The molecule has 2 saturated heterocycles. The average molecular weight is 551 g/mol. The van der Waals surface area contributed by atoms with Crippen LogP contribution in [0.3, 0.4) is 0 Å². The maximum Gasteiger partial charge on any atom is 0.320 e. The number of fused-ring (bicyclic) bond motifs is 3. The van der Waals surface area contributed by atoms with E-state index in [1.54, 1.807) is 78.7 Å². The van der Waals surface area contributed by atoms with Gasteiger partial charge in [0, 0.05) is 23.3 Å². The van der Waals surface area contributed by atoms with Crippen molar-refractivity contribution in [3.05, 3.63) is 83.4 Å². The number of nitrogens with zero attached hydrogens (tertiary/aromatic N) is 2. The summed E-state index contributed by atoms with van der Waals surface area (Å²) in [5.41, 5.74) is -0.00446. The quantitative estimate of drug-likeness (QED) is 0.336. The fourth-order valence-corrected chi connectivity index (χ4v) is 6.12. The number of carbonyl (C=O) groups excluding carboxylic acids is 2. The van der Waals surface area contributed by atoms with E-state index in [0.717, 1.165) is 0 Å². The number of hydroxylamine groups is 2. The zero-order chi connectivity index (χ0) is 27.3. The first kappa shape index (κ1) is 25.5. The molecule has 0 N–H and O–H groups in total. The van der Waals surface area contributed by atoms with Crippen molar-refractivity contribution in [1.82, 2.24) is 5.06 Å². The Morgan fingerprint density at radius 2 is 1.77 bits per heavy atom. The summed E-state index contributed by atoms with van der Waals surface area (Å²) in [6.07, 6.45) is -1.80. The third kappa shape index (κ3) is 3.92. The lowest BCUT2D eigenvalue weighted by molar-refractivity contribution is -0.179. The van der Waals surface area contributed by atoms with Crippen molar-refractivity contribution in [2.45, 2.75) is 24.3 Å². The van der Waals surface area contributed by atoms with Crippen LogP contribution in [0.15, 0.2) is 72.8 Å². The van der Waals surface area contributed by atoms with Gasteiger partial charge < -0.3 is 18.9 Å². The molecule has 0 saturated carbocycles. The molecule has 3 heterocycles. The molecule has 0 spiro atoms. The number of para-hydroxylation sites is 1. The van der Waals surface area contributed by atoms with E-state index in [0.29, 0.717) is 33.5 Å². The lowest BCUT2D eigenvalue weighted by atomic mass is 9.67. The van der Waals surface area contributed by atoms with E-state index in [4.69, 9.17) is 35.4 Å². The van der Waals surface area contributed by atoms with Gasteiger partial charge in [-0.3, -0.25) is 19.3 Å². The Kier molecular flexibility index (Phi) is 6.37. The van der Waals surface area contributed by atoms with Crippen molar-refractivity contribution in [3.63, 3.8) is 0 Å². The van der Waals surface area contributed by atoms with Gasteiger partial charge in [0.2, 0.25) is 6.10 Å². The molecule has 1 amide bonds. The van der Waals surface area contributed by atoms with Crippen LogP contribution in [-0.4, -0.2) is 63.1 Å². The molecular formula is C29H27ClN2O7. The van der Waals surface area contributed by atoms with Crippen molar-refractivity contribution in [1.29, 1.82) is 0 Å². The largest absolute Gasteiger partial charge is 0.497 e. The number of hydrogen-bond acceptors (Lipinski definition) is 8. The Morgan fingerprint density at radius 1 is 1.03 bits per heavy atom. The minimum Gasteiger partial charge on any atom is -0.497 e. The van der Waals surface area contributed by atoms with E-state index < -0.39 is 35.7 Å². The van der Waals surface area contributed by atoms with Crippen LogP contribution in [0.4, 0.5) is 5.69 Å². The summed E-state index contributed by atoms with van der Waals surface area (Å²) in [4.78, 5) is 35.5. The summed E-state index contributed by atoms with van der Waals surface area (Å²) in [7, 11) is 4.66. The van der Waals surface area contributed by atoms with Crippen molar-refractivity contribution >= 4 is 29.2 Å². The molecule has 3 aliphatic rings. The highest BCUT2D eigenvalue weighted by molar-refractivity contribution is 6.30. The second-order valence-electron chi connectivity index (χ2n) is 9.73. The molecule has 3 aliphatic heterocycles. The molecule has 0 bridgehead atoms. The van der Waals surface area contributed by atoms with Gasteiger partial charge in [0.25, 0.3) is 5.91 Å². The first-order valence-corrected chi connectivity index (χ1v) is 12.9. The molecule has 0 aromatic heterocycles. The third-order valence-corrected chi connectivity index (χ3v) is 7.93. The standard InChI is InChI=1S/C29H27ClN2O7/c1-31-25-21-15-17(30)9-14-22(21)37-16-29(25,28(34)36-3)26(39-31)23-24(38-20-7-5-4-6-8-20)27(33)32(23)18-10-12-19(35-2)13-11-18/h4-15,23-26H,16H2,1-3H3/t23-,24+,25+,26+,29+/m1/s1. The molecular weight excluding hydrogens is 524 g/mol. The molecule has 0 unspecified atom stereocenters. The topological polar surface area (TPSA) is 86.8 Å². The van der Waals surface area contributed by atoms with Crippen molar-refractivity contribution < 1.29 is 33.4 Å². The second-order valence-corrected chi connectivity index (χ2v) is 10.2. The van der Waals surface area contributed by atoms with E-state index in [1.165, 1.54) is 7.11 Å². The van der Waals surface area contributed by atoms with E-state index >= 15 is 0 Å². The summed E-state index contributed by atoms with van der Waals surface area (Å²) in [5.74, 6) is 1.01. The smallest absolute Gasteiger partial charge is 0.320 e. The highest BCUT2D eigenvalue weighted by Gasteiger charge is 2.71. The number of methoxy groups -OCH3 is 2. The normalized spacial score (nSPS) is 27.6. The number of rotatable bonds is 6. The third-order valence-electron chi connectivity index (χ3n) is 7.69. The molecule has 5 atom stereocenters. The molecule has 0 radical (unpaired) electrons. The van der Waals surface area contributed by atoms with Crippen LogP contribution in [-0.2, 0) is 19.2 Å². The molecule has 2 fully saturated rings. The number of carbonyl (C=O) groups is 2. The fraction of sp³-hybridized carbons (Fsp3) is 0.310. The van der Waals surface area contributed by atoms with Gasteiger partial charge in [0.05, 0.1) is 20.3 Å². The predicted octanol–water partition coefficient (Wildman–Crippen LogP) is 4.05. The van der Waals surface area contributed by atoms with Crippen LogP contribution in [0.25, 0.3) is 0 Å².